The molecular formula is C14H23NO2S2. The first kappa shape index (κ1) is 16.5. The number of nitrogens with two attached hydrogens (primary N) is 1. The summed E-state index contributed by atoms with van der Waals surface area (Å²) >= 11 is 1.71. The molecule has 0 heterocycles. The molecule has 0 aliphatic carbocycles. The van der Waals surface area contributed by atoms with E-state index in [1.165, 1.54) is 0 Å². The lowest BCUT2D eigenvalue weighted by molar-refractivity contribution is 0.597. The van der Waals surface area contributed by atoms with Crippen LogP contribution in [0.1, 0.15) is 26.3 Å². The fourth-order valence-corrected chi connectivity index (χ4v) is 4.29. The van der Waals surface area contributed by atoms with Gasteiger partial charge in [0.2, 0.25) is 0 Å². The molecule has 1 aromatic rings. The van der Waals surface area contributed by atoms with Gasteiger partial charge in [-0.05, 0) is 23.6 Å². The molecule has 108 valence electrons. The zero-order chi connectivity index (χ0) is 14.5. The van der Waals surface area contributed by atoms with Gasteiger partial charge in [-0.25, -0.2) is 8.42 Å². The van der Waals surface area contributed by atoms with E-state index < -0.39 is 9.84 Å². The highest BCUT2D eigenvalue weighted by Gasteiger charge is 2.15. The predicted octanol–water partition coefficient (Wildman–Crippen LogP) is 2.70. The summed E-state index contributed by atoms with van der Waals surface area (Å²) in [4.78, 5) is 0.391. The lowest BCUT2D eigenvalue weighted by Crippen LogP contribution is -2.13. The summed E-state index contributed by atoms with van der Waals surface area (Å²) in [6, 6.07) is 6.84. The highest BCUT2D eigenvalue weighted by Crippen LogP contribution is 2.20. The average Bonchev–Trinajstić information content (AvgIpc) is 2.38. The lowest BCUT2D eigenvalue weighted by Gasteiger charge is -2.14. The molecule has 3 nitrogen and oxygen atoms in total. The lowest BCUT2D eigenvalue weighted by atomic mass is 10.2. The van der Waals surface area contributed by atoms with Crippen LogP contribution in [0.15, 0.2) is 29.2 Å². The van der Waals surface area contributed by atoms with Crippen molar-refractivity contribution in [2.45, 2.75) is 37.5 Å². The van der Waals surface area contributed by atoms with Crippen molar-refractivity contribution < 1.29 is 8.42 Å². The maximum Gasteiger partial charge on any atom is 0.179 e. The van der Waals surface area contributed by atoms with Crippen LogP contribution in [-0.4, -0.2) is 25.2 Å². The quantitative estimate of drug-likeness (QED) is 0.841. The first-order valence-electron chi connectivity index (χ1n) is 6.50. The van der Waals surface area contributed by atoms with Crippen molar-refractivity contribution in [3.63, 3.8) is 0 Å². The van der Waals surface area contributed by atoms with Crippen molar-refractivity contribution in [2.75, 3.05) is 11.5 Å². The molecular weight excluding hydrogens is 278 g/mol. The molecule has 1 aromatic carbocycles. The second-order valence-electron chi connectivity index (χ2n) is 4.99. The summed E-state index contributed by atoms with van der Waals surface area (Å²) in [6.45, 7) is 6.87. The van der Waals surface area contributed by atoms with Crippen LogP contribution in [0.3, 0.4) is 0 Å². The Balaban J connectivity index is 2.60. The predicted molar refractivity (Wildman–Crippen MR) is 83.1 cm³/mol. The van der Waals surface area contributed by atoms with Crippen molar-refractivity contribution >= 4 is 21.6 Å². The highest BCUT2D eigenvalue weighted by molar-refractivity contribution is 8.01. The van der Waals surface area contributed by atoms with E-state index in [0.717, 1.165) is 5.56 Å². The van der Waals surface area contributed by atoms with Gasteiger partial charge in [-0.1, -0.05) is 32.9 Å². The van der Waals surface area contributed by atoms with Crippen LogP contribution in [0, 0.1) is 5.92 Å². The third-order valence-corrected chi connectivity index (χ3v) is 6.69. The molecule has 0 fully saturated rings. The molecule has 0 aliphatic rings. The van der Waals surface area contributed by atoms with Gasteiger partial charge in [0.25, 0.3) is 0 Å². The summed E-state index contributed by atoms with van der Waals surface area (Å²) in [6.07, 6.45) is 0. The molecule has 0 saturated carbocycles. The first-order valence-corrected chi connectivity index (χ1v) is 9.20. The van der Waals surface area contributed by atoms with E-state index in [-0.39, 0.29) is 5.75 Å². The van der Waals surface area contributed by atoms with Crippen molar-refractivity contribution in [1.29, 1.82) is 0 Å². The molecule has 0 aromatic heterocycles. The van der Waals surface area contributed by atoms with Crippen LogP contribution in [0.25, 0.3) is 0 Å². The normalized spacial score (nSPS) is 13.7. The van der Waals surface area contributed by atoms with Gasteiger partial charge in [-0.2, -0.15) is 11.8 Å². The Labute approximate surface area is 120 Å². The summed E-state index contributed by atoms with van der Waals surface area (Å²) in [5, 5.41) is 0.481. The topological polar surface area (TPSA) is 60.2 Å². The number of rotatable bonds is 7. The van der Waals surface area contributed by atoms with E-state index in [4.69, 9.17) is 5.73 Å². The Bertz CT molecular complexity index is 481. The molecule has 0 bridgehead atoms. The van der Waals surface area contributed by atoms with Crippen LogP contribution < -0.4 is 5.73 Å². The molecule has 0 spiro atoms. The zero-order valence-electron chi connectivity index (χ0n) is 11.8. The van der Waals surface area contributed by atoms with Crippen molar-refractivity contribution in [3.05, 3.63) is 29.8 Å². The third-order valence-electron chi connectivity index (χ3n) is 3.19. The maximum absolute atomic E-state index is 12.1. The molecule has 5 heteroatoms. The van der Waals surface area contributed by atoms with E-state index in [2.05, 4.69) is 20.8 Å². The second kappa shape index (κ2) is 7.31. The van der Waals surface area contributed by atoms with Crippen molar-refractivity contribution in [1.82, 2.24) is 0 Å². The molecule has 0 saturated heterocycles. The summed E-state index contributed by atoms with van der Waals surface area (Å²) in [7, 11) is -3.17. The Morgan fingerprint density at radius 1 is 1.16 bits per heavy atom. The molecule has 2 N–H and O–H groups in total. The summed E-state index contributed by atoms with van der Waals surface area (Å²) in [5.41, 5.74) is 6.44. The number of hydrogen-bond acceptors (Lipinski definition) is 4. The van der Waals surface area contributed by atoms with Gasteiger partial charge in [0.05, 0.1) is 10.6 Å². The third kappa shape index (κ3) is 5.16. The largest absolute Gasteiger partial charge is 0.326 e. The Morgan fingerprint density at radius 3 is 2.21 bits per heavy atom. The van der Waals surface area contributed by atoms with Gasteiger partial charge in [0.1, 0.15) is 0 Å². The van der Waals surface area contributed by atoms with E-state index in [0.29, 0.717) is 28.4 Å². The van der Waals surface area contributed by atoms with Crippen LogP contribution >= 0.6 is 11.8 Å². The number of thioether (sulfide) groups is 1. The molecule has 1 atom stereocenters. The Hall–Kier alpha value is -0.520. The summed E-state index contributed by atoms with van der Waals surface area (Å²) < 4.78 is 24.3. The number of benzene rings is 1. The number of sulfone groups is 1. The van der Waals surface area contributed by atoms with Gasteiger partial charge in [-0.3, -0.25) is 0 Å². The minimum atomic E-state index is -3.17. The minimum absolute atomic E-state index is 0.191. The van der Waals surface area contributed by atoms with Gasteiger partial charge >= 0.3 is 0 Å². The molecule has 1 rings (SSSR count). The van der Waals surface area contributed by atoms with Crippen LogP contribution in [-0.2, 0) is 16.4 Å². The maximum atomic E-state index is 12.1. The first-order chi connectivity index (χ1) is 8.86. The van der Waals surface area contributed by atoms with Gasteiger partial charge in [0, 0.05) is 17.5 Å². The smallest absolute Gasteiger partial charge is 0.179 e. The molecule has 0 aliphatic heterocycles. The fraction of sp³-hybridized carbons (Fsp3) is 0.571. The van der Waals surface area contributed by atoms with E-state index in [9.17, 15) is 8.42 Å². The zero-order valence-corrected chi connectivity index (χ0v) is 13.4. The minimum Gasteiger partial charge on any atom is -0.326 e. The Morgan fingerprint density at radius 2 is 1.74 bits per heavy atom. The van der Waals surface area contributed by atoms with Gasteiger partial charge < -0.3 is 5.73 Å². The second-order valence-corrected chi connectivity index (χ2v) is 8.58. The highest BCUT2D eigenvalue weighted by atomic mass is 32.2. The Kier molecular flexibility index (Phi) is 6.36. The van der Waals surface area contributed by atoms with Gasteiger partial charge in [0.15, 0.2) is 9.84 Å². The molecule has 0 radical (unpaired) electrons. The summed E-state index contributed by atoms with van der Waals surface area (Å²) in [5.74, 6) is 1.40. The van der Waals surface area contributed by atoms with Crippen LogP contribution in [0.5, 0.6) is 0 Å². The van der Waals surface area contributed by atoms with E-state index in [1.807, 2.05) is 0 Å². The SMILES string of the molecule is CC(C)C(C)SCCS(=O)(=O)c1ccc(CN)cc1. The van der Waals surface area contributed by atoms with Crippen molar-refractivity contribution in [2.24, 2.45) is 11.7 Å². The monoisotopic (exact) mass is 301 g/mol. The van der Waals surface area contributed by atoms with Crippen LogP contribution in [0.2, 0.25) is 0 Å². The van der Waals surface area contributed by atoms with Crippen molar-refractivity contribution in [3.8, 4) is 0 Å². The van der Waals surface area contributed by atoms with E-state index in [1.54, 1.807) is 36.0 Å². The van der Waals surface area contributed by atoms with E-state index >= 15 is 0 Å². The molecule has 19 heavy (non-hydrogen) atoms. The van der Waals surface area contributed by atoms with Crippen LogP contribution in [0.4, 0.5) is 0 Å². The number of hydrogen-bond donors (Lipinski definition) is 1. The standard InChI is InChI=1S/C14H23NO2S2/c1-11(2)12(3)18-8-9-19(16,17)14-6-4-13(10-15)5-7-14/h4-7,11-12H,8-10,15H2,1-3H3. The van der Waals surface area contributed by atoms with Gasteiger partial charge in [-0.15, -0.1) is 0 Å². The average molecular weight is 301 g/mol. The fourth-order valence-electron chi connectivity index (χ4n) is 1.49. The molecule has 1 unspecified atom stereocenters. The molecule has 0 amide bonds.